The third kappa shape index (κ3) is 3.42. The van der Waals surface area contributed by atoms with Crippen molar-refractivity contribution in [2.75, 3.05) is 6.54 Å². The van der Waals surface area contributed by atoms with Gasteiger partial charge in [0.15, 0.2) is 0 Å². The predicted molar refractivity (Wildman–Crippen MR) is 24.8 cm³/mol. The summed E-state index contributed by atoms with van der Waals surface area (Å²) in [5, 5.41) is 7.86. The van der Waals surface area contributed by atoms with Crippen LogP contribution in [0.4, 0.5) is 0 Å². The van der Waals surface area contributed by atoms with Crippen LogP contribution in [0.1, 0.15) is 13.8 Å². The molecule has 0 saturated carbocycles. The van der Waals surface area contributed by atoms with Crippen LogP contribution >= 0.6 is 0 Å². The molecule has 0 rings (SSSR count). The Labute approximate surface area is 37.8 Å². The molecular formula is C4H9N2+. The quantitative estimate of drug-likeness (QED) is 0.443. The molecule has 0 unspecified atom stereocenters. The average Bonchev–Trinajstić information content (AvgIpc) is 1.35. The monoisotopic (exact) mass is 85.1 g/mol. The van der Waals surface area contributed by atoms with Crippen molar-refractivity contribution in [2.45, 2.75) is 13.8 Å². The van der Waals surface area contributed by atoms with E-state index in [1.807, 2.05) is 13.8 Å². The zero-order valence-corrected chi connectivity index (χ0v) is 4.18. The Morgan fingerprint density at radius 1 is 1.67 bits per heavy atom. The second-order valence-corrected chi connectivity index (χ2v) is 1.72. The summed E-state index contributed by atoms with van der Waals surface area (Å²) in [6.07, 6.45) is 0. The Hall–Kier alpha value is -0.580. The molecule has 0 spiro atoms. The molecule has 0 aromatic rings. The van der Waals surface area contributed by atoms with Crippen molar-refractivity contribution < 1.29 is 0 Å². The Bertz CT molecular complexity index is 60.4. The fourth-order valence-corrected chi connectivity index (χ4v) is 0.163. The Balaban J connectivity index is 2.88. The van der Waals surface area contributed by atoms with Gasteiger partial charge in [-0.3, -0.25) is 0 Å². The maximum absolute atomic E-state index is 7.86. The number of hydrogen-bond acceptors (Lipinski definition) is 1. The lowest BCUT2D eigenvalue weighted by molar-refractivity contribution is 0.705. The lowest BCUT2D eigenvalue weighted by atomic mass is 10.2. The van der Waals surface area contributed by atoms with Gasteiger partial charge in [-0.05, 0) is 0 Å². The van der Waals surface area contributed by atoms with E-state index in [1.165, 1.54) is 0 Å². The fourth-order valence-electron chi connectivity index (χ4n) is 0.163. The molecule has 0 bridgehead atoms. The molecule has 0 aliphatic carbocycles. The first-order chi connectivity index (χ1) is 2.77. The molecular weight excluding hydrogens is 76.1 g/mol. The van der Waals surface area contributed by atoms with E-state index in [-0.39, 0.29) is 0 Å². The van der Waals surface area contributed by atoms with Crippen LogP contribution in [0, 0.1) is 11.3 Å². The van der Waals surface area contributed by atoms with E-state index in [0.717, 1.165) is 0 Å². The van der Waals surface area contributed by atoms with Crippen LogP contribution in [0.5, 0.6) is 0 Å². The number of diazo groups is 1. The molecule has 0 heterocycles. The Morgan fingerprint density at radius 3 is 2.17 bits per heavy atom. The highest BCUT2D eigenvalue weighted by Crippen LogP contribution is 1.88. The minimum absolute atomic E-state index is 0.481. The SMILES string of the molecule is CC(C)C[N+]#N. The number of hydrogen-bond donors (Lipinski definition) is 0. The standard InChI is InChI=1S/C4H9N2/c1-4(2)3-6-5/h4H,3H2,1-2H3/q+1. The zero-order chi connectivity index (χ0) is 4.99. The summed E-state index contributed by atoms with van der Waals surface area (Å²) in [6.45, 7) is 4.56. The zero-order valence-electron chi connectivity index (χ0n) is 4.18. The number of rotatable bonds is 1. The van der Waals surface area contributed by atoms with Gasteiger partial charge in [0.05, 0.1) is 0 Å². The maximum atomic E-state index is 7.86. The van der Waals surface area contributed by atoms with Gasteiger partial charge in [0.25, 0.3) is 0 Å². The van der Waals surface area contributed by atoms with E-state index >= 15 is 0 Å². The summed E-state index contributed by atoms with van der Waals surface area (Å²) in [4.78, 5) is 2.94. The van der Waals surface area contributed by atoms with Crippen molar-refractivity contribution in [3.63, 3.8) is 0 Å². The second-order valence-electron chi connectivity index (χ2n) is 1.72. The third-order valence-corrected chi connectivity index (χ3v) is 0.447. The van der Waals surface area contributed by atoms with Gasteiger partial charge < -0.3 is 0 Å². The van der Waals surface area contributed by atoms with Crippen molar-refractivity contribution in [2.24, 2.45) is 5.92 Å². The van der Waals surface area contributed by atoms with E-state index in [0.29, 0.717) is 12.5 Å². The predicted octanol–water partition coefficient (Wildman–Crippen LogP) is 1.50. The molecule has 0 fully saturated rings. The molecule has 0 atom stereocenters. The first-order valence-electron chi connectivity index (χ1n) is 2.08. The van der Waals surface area contributed by atoms with Crippen molar-refractivity contribution in [3.8, 4) is 0 Å². The first kappa shape index (κ1) is 5.42. The van der Waals surface area contributed by atoms with Crippen LogP contribution < -0.4 is 0 Å². The van der Waals surface area contributed by atoms with E-state index in [2.05, 4.69) is 4.98 Å². The average molecular weight is 85.1 g/mol. The van der Waals surface area contributed by atoms with Gasteiger partial charge in [-0.1, -0.05) is 13.8 Å². The molecule has 0 N–H and O–H groups in total. The first-order valence-corrected chi connectivity index (χ1v) is 2.08. The summed E-state index contributed by atoms with van der Waals surface area (Å²) in [6, 6.07) is 0. The van der Waals surface area contributed by atoms with E-state index in [4.69, 9.17) is 5.39 Å². The van der Waals surface area contributed by atoms with Gasteiger partial charge in [-0.15, -0.1) is 0 Å². The lowest BCUT2D eigenvalue weighted by Crippen LogP contribution is -1.86. The molecule has 0 saturated heterocycles. The van der Waals surface area contributed by atoms with Crippen molar-refractivity contribution >= 4 is 0 Å². The fraction of sp³-hybridized carbons (Fsp3) is 1.00. The van der Waals surface area contributed by atoms with Crippen molar-refractivity contribution in [1.82, 2.24) is 0 Å². The van der Waals surface area contributed by atoms with Crippen LogP contribution in [0.25, 0.3) is 4.98 Å². The molecule has 0 aliphatic rings. The molecule has 6 heavy (non-hydrogen) atoms. The van der Waals surface area contributed by atoms with Crippen molar-refractivity contribution in [3.05, 3.63) is 4.98 Å². The topological polar surface area (TPSA) is 28.1 Å². The minimum Gasteiger partial charge on any atom is -0.0553 e. The third-order valence-electron chi connectivity index (χ3n) is 0.447. The highest BCUT2D eigenvalue weighted by atomic mass is 14.8. The summed E-state index contributed by atoms with van der Waals surface area (Å²) in [5.41, 5.74) is 0. The van der Waals surface area contributed by atoms with E-state index < -0.39 is 0 Å². The van der Waals surface area contributed by atoms with E-state index in [9.17, 15) is 0 Å². The highest BCUT2D eigenvalue weighted by molar-refractivity contribution is 4.56. The minimum atomic E-state index is 0.481. The normalized spacial score (nSPS) is 8.33. The van der Waals surface area contributed by atoms with Gasteiger partial charge in [-0.2, -0.15) is 0 Å². The molecule has 2 heteroatoms. The molecule has 34 valence electrons. The van der Waals surface area contributed by atoms with Crippen molar-refractivity contribution in [1.29, 1.82) is 5.39 Å². The largest absolute Gasteiger partial charge is 0.307 e. The summed E-state index contributed by atoms with van der Waals surface area (Å²) < 4.78 is 0. The van der Waals surface area contributed by atoms with Gasteiger partial charge in [0.2, 0.25) is 5.39 Å². The summed E-state index contributed by atoms with van der Waals surface area (Å²) in [7, 11) is 0. The van der Waals surface area contributed by atoms with Crippen LogP contribution in [0.15, 0.2) is 0 Å². The highest BCUT2D eigenvalue weighted by Gasteiger charge is 1.97. The molecule has 0 aliphatic heterocycles. The Kier molecular flexibility index (Phi) is 2.39. The van der Waals surface area contributed by atoms with Crippen LogP contribution in [0.2, 0.25) is 0 Å². The van der Waals surface area contributed by atoms with Crippen LogP contribution in [-0.4, -0.2) is 6.54 Å². The van der Waals surface area contributed by atoms with Crippen LogP contribution in [-0.2, 0) is 0 Å². The second kappa shape index (κ2) is 2.65. The van der Waals surface area contributed by atoms with E-state index in [1.54, 1.807) is 0 Å². The maximum Gasteiger partial charge on any atom is 0.307 e. The Morgan fingerprint density at radius 2 is 2.17 bits per heavy atom. The molecule has 0 radical (unpaired) electrons. The number of nitrogens with zero attached hydrogens (tertiary/aromatic N) is 2. The molecule has 2 nitrogen and oxygen atoms in total. The molecule has 0 aromatic heterocycles. The smallest absolute Gasteiger partial charge is 0.0553 e. The van der Waals surface area contributed by atoms with Gasteiger partial charge in [0.1, 0.15) is 4.98 Å². The lowest BCUT2D eigenvalue weighted by Gasteiger charge is -1.78. The van der Waals surface area contributed by atoms with Crippen LogP contribution in [0.3, 0.4) is 0 Å². The summed E-state index contributed by atoms with van der Waals surface area (Å²) >= 11 is 0. The van der Waals surface area contributed by atoms with Gasteiger partial charge in [-0.25, -0.2) is 0 Å². The van der Waals surface area contributed by atoms with Gasteiger partial charge in [0, 0.05) is 5.92 Å². The molecule has 0 aromatic carbocycles. The van der Waals surface area contributed by atoms with Gasteiger partial charge >= 0.3 is 6.54 Å². The molecule has 0 amide bonds. The summed E-state index contributed by atoms with van der Waals surface area (Å²) in [5.74, 6) is 0.481.